The molecule has 0 radical (unpaired) electrons. The van der Waals surface area contributed by atoms with Crippen molar-refractivity contribution in [2.45, 2.75) is 4.90 Å². The van der Waals surface area contributed by atoms with Crippen molar-refractivity contribution in [1.29, 1.82) is 0 Å². The Hall–Kier alpha value is -2.19. The molecule has 0 unspecified atom stereocenters. The third kappa shape index (κ3) is 3.29. The van der Waals surface area contributed by atoms with Crippen molar-refractivity contribution < 1.29 is 17.2 Å². The van der Waals surface area contributed by atoms with Gasteiger partial charge in [0.25, 0.3) is 0 Å². The van der Waals surface area contributed by atoms with Gasteiger partial charge in [0.2, 0.25) is 10.0 Å². The van der Waals surface area contributed by atoms with Gasteiger partial charge in [-0.3, -0.25) is 0 Å². The summed E-state index contributed by atoms with van der Waals surface area (Å²) in [6, 6.07) is 7.17. The Balaban J connectivity index is 2.33. The second-order valence-corrected chi connectivity index (χ2v) is 6.06. The molecule has 0 aliphatic carbocycles. The highest BCUT2D eigenvalue weighted by Gasteiger charge is 2.15. The van der Waals surface area contributed by atoms with Crippen molar-refractivity contribution in [2.24, 2.45) is 0 Å². The normalized spacial score (nSPS) is 11.4. The summed E-state index contributed by atoms with van der Waals surface area (Å²) in [6.45, 7) is 0. The minimum Gasteiger partial charge on any atom is -0.398 e. The molecule has 112 valence electrons. The zero-order valence-electron chi connectivity index (χ0n) is 11.0. The van der Waals surface area contributed by atoms with Gasteiger partial charge in [-0.05, 0) is 37.4 Å². The SMILES string of the molecule is CNS(=O)(=O)c1ccc(Nc2ccc(F)cc2F)cc1N. The molecule has 0 aromatic heterocycles. The predicted octanol–water partition coefficient (Wildman–Crippen LogP) is 2.20. The van der Waals surface area contributed by atoms with Crippen LogP contribution < -0.4 is 15.8 Å². The molecule has 2 aromatic carbocycles. The van der Waals surface area contributed by atoms with Crippen LogP contribution in [0.25, 0.3) is 0 Å². The number of benzene rings is 2. The van der Waals surface area contributed by atoms with Crippen LogP contribution in [-0.2, 0) is 10.0 Å². The summed E-state index contributed by atoms with van der Waals surface area (Å²) in [6.07, 6.45) is 0. The van der Waals surface area contributed by atoms with E-state index in [0.29, 0.717) is 5.69 Å². The summed E-state index contributed by atoms with van der Waals surface area (Å²) >= 11 is 0. The molecular weight excluding hydrogens is 300 g/mol. The molecule has 8 heteroatoms. The lowest BCUT2D eigenvalue weighted by Crippen LogP contribution is -2.19. The van der Waals surface area contributed by atoms with Crippen molar-refractivity contribution in [1.82, 2.24) is 4.72 Å². The molecule has 0 bridgehead atoms. The van der Waals surface area contributed by atoms with Gasteiger partial charge in [0.05, 0.1) is 11.4 Å². The third-order valence-electron chi connectivity index (χ3n) is 2.78. The molecule has 0 aliphatic heterocycles. The topological polar surface area (TPSA) is 84.2 Å². The van der Waals surface area contributed by atoms with Crippen molar-refractivity contribution in [3.8, 4) is 0 Å². The number of sulfonamides is 1. The number of nitrogen functional groups attached to an aromatic ring is 1. The van der Waals surface area contributed by atoms with Gasteiger partial charge in [-0.15, -0.1) is 0 Å². The van der Waals surface area contributed by atoms with Crippen LogP contribution in [0.5, 0.6) is 0 Å². The standard InChI is InChI=1S/C13H13F2N3O2S/c1-17-21(19,20)13-5-3-9(7-11(13)16)18-12-4-2-8(14)6-10(12)15/h2-7,17-18H,16H2,1H3. The van der Waals surface area contributed by atoms with E-state index in [9.17, 15) is 17.2 Å². The third-order valence-corrected chi connectivity index (χ3v) is 4.27. The number of rotatable bonds is 4. The first-order valence-electron chi connectivity index (χ1n) is 5.88. The summed E-state index contributed by atoms with van der Waals surface area (Å²) in [4.78, 5) is -0.0740. The zero-order chi connectivity index (χ0) is 15.6. The van der Waals surface area contributed by atoms with E-state index in [1.165, 1.54) is 31.3 Å². The van der Waals surface area contributed by atoms with Crippen LogP contribution >= 0.6 is 0 Å². The fraction of sp³-hybridized carbons (Fsp3) is 0.0769. The highest BCUT2D eigenvalue weighted by Crippen LogP contribution is 2.26. The van der Waals surface area contributed by atoms with E-state index in [4.69, 9.17) is 5.73 Å². The molecule has 0 saturated heterocycles. The Morgan fingerprint density at radius 3 is 2.38 bits per heavy atom. The van der Waals surface area contributed by atoms with Gasteiger partial charge >= 0.3 is 0 Å². The highest BCUT2D eigenvalue weighted by atomic mass is 32.2. The van der Waals surface area contributed by atoms with Gasteiger partial charge in [-0.1, -0.05) is 0 Å². The lowest BCUT2D eigenvalue weighted by molar-refractivity contribution is 0.585. The van der Waals surface area contributed by atoms with E-state index in [-0.39, 0.29) is 16.3 Å². The van der Waals surface area contributed by atoms with Crippen LogP contribution in [0.3, 0.4) is 0 Å². The average Bonchev–Trinajstić information content (AvgIpc) is 2.42. The molecule has 21 heavy (non-hydrogen) atoms. The smallest absolute Gasteiger partial charge is 0.242 e. The summed E-state index contributed by atoms with van der Waals surface area (Å²) < 4.78 is 51.8. The van der Waals surface area contributed by atoms with Crippen LogP contribution in [0, 0.1) is 11.6 Å². The second-order valence-electron chi connectivity index (χ2n) is 4.21. The van der Waals surface area contributed by atoms with Crippen LogP contribution in [-0.4, -0.2) is 15.5 Å². The Morgan fingerprint density at radius 1 is 1.10 bits per heavy atom. The predicted molar refractivity (Wildman–Crippen MR) is 76.7 cm³/mol. The minimum absolute atomic E-state index is 0.0110. The lowest BCUT2D eigenvalue weighted by Gasteiger charge is -2.11. The van der Waals surface area contributed by atoms with Crippen molar-refractivity contribution in [3.63, 3.8) is 0 Å². The van der Waals surface area contributed by atoms with E-state index in [0.717, 1.165) is 12.1 Å². The molecule has 4 N–H and O–H groups in total. The monoisotopic (exact) mass is 313 g/mol. The number of nitrogens with two attached hydrogens (primary N) is 1. The second kappa shape index (κ2) is 5.66. The quantitative estimate of drug-likeness (QED) is 0.756. The van der Waals surface area contributed by atoms with E-state index < -0.39 is 21.7 Å². The summed E-state index contributed by atoms with van der Waals surface area (Å²) in [5.41, 5.74) is 6.14. The fourth-order valence-electron chi connectivity index (χ4n) is 1.73. The number of anilines is 3. The maximum absolute atomic E-state index is 13.5. The van der Waals surface area contributed by atoms with Crippen molar-refractivity contribution in [2.75, 3.05) is 18.1 Å². The molecule has 0 fully saturated rings. The summed E-state index contributed by atoms with van der Waals surface area (Å²) in [7, 11) is -2.39. The number of halogens is 2. The zero-order valence-corrected chi connectivity index (χ0v) is 11.8. The molecule has 0 atom stereocenters. The molecule has 5 nitrogen and oxygen atoms in total. The van der Waals surface area contributed by atoms with Gasteiger partial charge < -0.3 is 11.1 Å². The molecule has 2 rings (SSSR count). The Morgan fingerprint density at radius 2 is 1.81 bits per heavy atom. The summed E-state index contributed by atoms with van der Waals surface area (Å²) in [5, 5.41) is 2.70. The molecule has 0 aliphatic rings. The molecule has 0 amide bonds. The van der Waals surface area contributed by atoms with E-state index in [1.54, 1.807) is 0 Å². The first kappa shape index (κ1) is 15.2. The van der Waals surface area contributed by atoms with Crippen LogP contribution in [0.2, 0.25) is 0 Å². The molecule has 0 spiro atoms. The van der Waals surface area contributed by atoms with Crippen LogP contribution in [0.1, 0.15) is 0 Å². The Labute approximate surface area is 120 Å². The largest absolute Gasteiger partial charge is 0.398 e. The molecule has 0 heterocycles. The van der Waals surface area contributed by atoms with Gasteiger partial charge in [0.1, 0.15) is 16.5 Å². The number of hydrogen-bond donors (Lipinski definition) is 3. The Bertz CT molecular complexity index is 779. The van der Waals surface area contributed by atoms with Crippen molar-refractivity contribution >= 4 is 27.1 Å². The van der Waals surface area contributed by atoms with E-state index in [1.807, 2.05) is 0 Å². The van der Waals surface area contributed by atoms with Gasteiger partial charge in [0, 0.05) is 11.8 Å². The minimum atomic E-state index is -3.66. The van der Waals surface area contributed by atoms with Gasteiger partial charge in [-0.2, -0.15) is 0 Å². The van der Waals surface area contributed by atoms with Gasteiger partial charge in [-0.25, -0.2) is 21.9 Å². The number of nitrogens with one attached hydrogen (secondary N) is 2. The first-order valence-corrected chi connectivity index (χ1v) is 7.37. The molecular formula is C13H13F2N3O2S. The van der Waals surface area contributed by atoms with E-state index >= 15 is 0 Å². The molecule has 2 aromatic rings. The maximum Gasteiger partial charge on any atom is 0.242 e. The average molecular weight is 313 g/mol. The lowest BCUT2D eigenvalue weighted by atomic mass is 10.2. The molecule has 0 saturated carbocycles. The van der Waals surface area contributed by atoms with Crippen molar-refractivity contribution in [3.05, 3.63) is 48.0 Å². The van der Waals surface area contributed by atoms with Crippen LogP contribution in [0.15, 0.2) is 41.3 Å². The maximum atomic E-state index is 13.5. The number of hydrogen-bond acceptors (Lipinski definition) is 4. The first-order chi connectivity index (χ1) is 9.83. The summed E-state index contributed by atoms with van der Waals surface area (Å²) in [5.74, 6) is -1.45. The highest BCUT2D eigenvalue weighted by molar-refractivity contribution is 7.89. The fourth-order valence-corrected chi connectivity index (χ4v) is 2.56. The Kier molecular flexibility index (Phi) is 4.10. The van der Waals surface area contributed by atoms with E-state index in [2.05, 4.69) is 10.0 Å². The van der Waals surface area contributed by atoms with Crippen LogP contribution in [0.4, 0.5) is 25.8 Å². The van der Waals surface area contributed by atoms with Gasteiger partial charge in [0.15, 0.2) is 0 Å².